The number of urea groups is 1. The van der Waals surface area contributed by atoms with Crippen molar-refractivity contribution in [2.75, 3.05) is 0 Å². The summed E-state index contributed by atoms with van der Waals surface area (Å²) in [5, 5.41) is 15.9. The highest BCUT2D eigenvalue weighted by molar-refractivity contribution is 6.04. The Morgan fingerprint density at radius 1 is 0.977 bits per heavy atom. The number of carboxylic acids is 1. The maximum absolute atomic E-state index is 12.7. The number of imide groups is 1. The van der Waals surface area contributed by atoms with Crippen molar-refractivity contribution in [2.24, 2.45) is 0 Å². The Balaban J connectivity index is 0.000000541. The van der Waals surface area contributed by atoms with Crippen LogP contribution in [0.2, 0.25) is 0 Å². The molecule has 13 heteroatoms. The molecule has 0 bridgehead atoms. The average molecular weight is 595 g/mol. The number of nitrogens with one attached hydrogen (secondary N) is 3. The molecule has 4 N–H and O–H groups in total. The lowest BCUT2D eigenvalue weighted by Crippen LogP contribution is -2.26. The van der Waals surface area contributed by atoms with Crippen LogP contribution < -0.4 is 20.7 Å². The van der Waals surface area contributed by atoms with Crippen LogP contribution in [0, 0.1) is 6.92 Å². The molecule has 3 aromatic carbocycles. The summed E-state index contributed by atoms with van der Waals surface area (Å²) in [6.07, 6.45) is -5.08. The molecular weight excluding hydrogens is 569 g/mol. The molecule has 0 radical (unpaired) electrons. The highest BCUT2D eigenvalue weighted by Crippen LogP contribution is 2.23. The van der Waals surface area contributed by atoms with E-state index in [9.17, 15) is 27.6 Å². The third-order valence-electron chi connectivity index (χ3n) is 6.26. The van der Waals surface area contributed by atoms with E-state index >= 15 is 0 Å². The highest BCUT2D eigenvalue weighted by atomic mass is 19.4. The molecule has 1 aromatic heterocycles. The van der Waals surface area contributed by atoms with Gasteiger partial charge in [0.1, 0.15) is 18.4 Å². The standard InChI is InChI=1S/C28H24N4O4.C2HF3O2/c1-17-14-20(22-7-4-5-9-24(22)30-17)16-36-21-12-10-18(11-13-21)26(33)29-15-19-6-2-3-8-23(19)25-27(34)32-28(35)31-25;3-2(4,5)1(6)7/h2-14,25H,15-16H2,1H3,(H,29,33)(H2,31,32,34,35);(H,6,7). The zero-order valence-electron chi connectivity index (χ0n) is 22.6. The third-order valence-corrected chi connectivity index (χ3v) is 6.26. The topological polar surface area (TPSA) is 147 Å². The number of rotatable bonds is 7. The van der Waals surface area contributed by atoms with Crippen LogP contribution in [0.25, 0.3) is 10.9 Å². The van der Waals surface area contributed by atoms with Gasteiger partial charge in [-0.1, -0.05) is 42.5 Å². The predicted molar refractivity (Wildman–Crippen MR) is 148 cm³/mol. The van der Waals surface area contributed by atoms with Crippen LogP contribution in [0.5, 0.6) is 5.75 Å². The minimum atomic E-state index is -5.08. The molecule has 222 valence electrons. The number of aliphatic carboxylic acids is 1. The molecule has 10 nitrogen and oxygen atoms in total. The molecule has 1 aliphatic rings. The Bertz CT molecular complexity index is 1680. The number of carbonyl (C=O) groups is 4. The summed E-state index contributed by atoms with van der Waals surface area (Å²) in [4.78, 5) is 49.7. The summed E-state index contributed by atoms with van der Waals surface area (Å²) in [5.41, 5.74) is 4.77. The average Bonchev–Trinajstić information content (AvgIpc) is 3.32. The van der Waals surface area contributed by atoms with Gasteiger partial charge in [0.15, 0.2) is 0 Å². The van der Waals surface area contributed by atoms with E-state index in [0.717, 1.165) is 27.7 Å². The summed E-state index contributed by atoms with van der Waals surface area (Å²) in [6.45, 7) is 2.55. The number of carbonyl (C=O) groups excluding carboxylic acids is 3. The normalized spacial score (nSPS) is 14.3. The van der Waals surface area contributed by atoms with Gasteiger partial charge in [-0.2, -0.15) is 13.2 Å². The quantitative estimate of drug-likeness (QED) is 0.229. The van der Waals surface area contributed by atoms with E-state index in [0.29, 0.717) is 23.5 Å². The second-order valence-electron chi connectivity index (χ2n) is 9.33. The Kier molecular flexibility index (Phi) is 9.23. The lowest BCUT2D eigenvalue weighted by atomic mass is 10.00. The Hall–Kier alpha value is -5.46. The van der Waals surface area contributed by atoms with Gasteiger partial charge in [-0.3, -0.25) is 19.9 Å². The largest absolute Gasteiger partial charge is 0.490 e. The number of benzene rings is 3. The second-order valence-corrected chi connectivity index (χ2v) is 9.33. The van der Waals surface area contributed by atoms with Crippen LogP contribution >= 0.6 is 0 Å². The van der Waals surface area contributed by atoms with Crippen LogP contribution in [-0.2, 0) is 22.7 Å². The zero-order chi connectivity index (χ0) is 31.1. The van der Waals surface area contributed by atoms with E-state index < -0.39 is 30.1 Å². The predicted octanol–water partition coefficient (Wildman–Crippen LogP) is 4.57. The molecule has 4 aromatic rings. The van der Waals surface area contributed by atoms with Gasteiger partial charge in [0.05, 0.1) is 5.52 Å². The van der Waals surface area contributed by atoms with Gasteiger partial charge in [0.2, 0.25) is 0 Å². The summed E-state index contributed by atoms with van der Waals surface area (Å²) in [7, 11) is 0. The number of halogens is 3. The number of pyridine rings is 1. The molecule has 5 rings (SSSR count). The summed E-state index contributed by atoms with van der Waals surface area (Å²) in [6, 6.07) is 22.8. The maximum Gasteiger partial charge on any atom is 0.490 e. The van der Waals surface area contributed by atoms with Gasteiger partial charge >= 0.3 is 18.2 Å². The number of fused-ring (bicyclic) bond motifs is 1. The molecule has 0 spiro atoms. The van der Waals surface area contributed by atoms with E-state index in [1.54, 1.807) is 36.4 Å². The van der Waals surface area contributed by atoms with Gasteiger partial charge in [-0.15, -0.1) is 0 Å². The van der Waals surface area contributed by atoms with Crippen LogP contribution in [0.4, 0.5) is 18.0 Å². The molecule has 1 saturated heterocycles. The SMILES string of the molecule is Cc1cc(COc2ccc(C(=O)NCc3ccccc3C3NC(=O)NC3=O)cc2)c2ccccc2n1.O=C(O)C(F)(F)F. The number of hydrogen-bond acceptors (Lipinski definition) is 6. The lowest BCUT2D eigenvalue weighted by molar-refractivity contribution is -0.192. The first-order chi connectivity index (χ1) is 20.4. The minimum absolute atomic E-state index is 0.210. The number of nitrogens with zero attached hydrogens (tertiary/aromatic N) is 1. The number of hydrogen-bond donors (Lipinski definition) is 4. The monoisotopic (exact) mass is 594 g/mol. The minimum Gasteiger partial charge on any atom is -0.489 e. The van der Waals surface area contributed by atoms with Gasteiger partial charge in [0, 0.05) is 28.8 Å². The Morgan fingerprint density at radius 3 is 2.28 bits per heavy atom. The fraction of sp³-hybridized carbons (Fsp3) is 0.167. The number of ether oxygens (including phenoxy) is 1. The Labute approximate surface area is 242 Å². The maximum atomic E-state index is 12.7. The van der Waals surface area contributed by atoms with E-state index in [1.165, 1.54) is 0 Å². The van der Waals surface area contributed by atoms with Crippen LogP contribution in [-0.4, -0.2) is 40.1 Å². The molecule has 1 atom stereocenters. The van der Waals surface area contributed by atoms with Gasteiger partial charge in [-0.05, 0) is 54.4 Å². The smallest absolute Gasteiger partial charge is 0.489 e. The molecule has 1 aliphatic heterocycles. The molecule has 0 saturated carbocycles. The molecule has 43 heavy (non-hydrogen) atoms. The molecule has 4 amide bonds. The highest BCUT2D eigenvalue weighted by Gasteiger charge is 2.38. The van der Waals surface area contributed by atoms with E-state index in [4.69, 9.17) is 14.6 Å². The first-order valence-electron chi connectivity index (χ1n) is 12.8. The molecule has 0 aliphatic carbocycles. The van der Waals surface area contributed by atoms with Crippen molar-refractivity contribution in [2.45, 2.75) is 32.3 Å². The fourth-order valence-electron chi connectivity index (χ4n) is 4.27. The van der Waals surface area contributed by atoms with E-state index in [-0.39, 0.29) is 12.5 Å². The number of amides is 4. The van der Waals surface area contributed by atoms with Crippen molar-refractivity contribution < 1.29 is 42.2 Å². The van der Waals surface area contributed by atoms with Crippen LogP contribution in [0.15, 0.2) is 78.9 Å². The Morgan fingerprint density at radius 2 is 1.63 bits per heavy atom. The first-order valence-corrected chi connectivity index (χ1v) is 12.8. The zero-order valence-corrected chi connectivity index (χ0v) is 22.6. The van der Waals surface area contributed by atoms with Crippen molar-refractivity contribution in [1.82, 2.24) is 20.9 Å². The first kappa shape index (κ1) is 30.5. The molecular formula is C30H25F3N4O6. The van der Waals surface area contributed by atoms with Gasteiger partial charge < -0.3 is 20.5 Å². The van der Waals surface area contributed by atoms with Crippen molar-refractivity contribution >= 4 is 34.7 Å². The van der Waals surface area contributed by atoms with Gasteiger partial charge in [-0.25, -0.2) is 9.59 Å². The lowest BCUT2D eigenvalue weighted by Gasteiger charge is -2.14. The van der Waals surface area contributed by atoms with E-state index in [1.807, 2.05) is 49.4 Å². The summed E-state index contributed by atoms with van der Waals surface area (Å²) >= 11 is 0. The number of para-hydroxylation sites is 1. The summed E-state index contributed by atoms with van der Waals surface area (Å²) in [5.74, 6) is -2.78. The van der Waals surface area contributed by atoms with Crippen molar-refractivity contribution in [3.63, 3.8) is 0 Å². The van der Waals surface area contributed by atoms with Crippen molar-refractivity contribution in [3.05, 3.63) is 107 Å². The number of alkyl halides is 3. The third kappa shape index (κ3) is 7.85. The van der Waals surface area contributed by atoms with Crippen molar-refractivity contribution in [1.29, 1.82) is 0 Å². The van der Waals surface area contributed by atoms with Crippen LogP contribution in [0.3, 0.4) is 0 Å². The van der Waals surface area contributed by atoms with Crippen LogP contribution in [0.1, 0.15) is 38.8 Å². The van der Waals surface area contributed by atoms with E-state index in [2.05, 4.69) is 20.9 Å². The second kappa shape index (κ2) is 13.0. The number of carboxylic acid groups (broad SMARTS) is 1. The number of aromatic nitrogens is 1. The number of aryl methyl sites for hydroxylation is 1. The van der Waals surface area contributed by atoms with Crippen molar-refractivity contribution in [3.8, 4) is 5.75 Å². The molecule has 2 heterocycles. The van der Waals surface area contributed by atoms with Gasteiger partial charge in [0.25, 0.3) is 11.8 Å². The molecule has 1 fully saturated rings. The molecule has 1 unspecified atom stereocenters. The summed E-state index contributed by atoms with van der Waals surface area (Å²) < 4.78 is 37.7. The fourth-order valence-corrected chi connectivity index (χ4v) is 4.27.